The molecule has 0 radical (unpaired) electrons. The van der Waals surface area contributed by atoms with Crippen molar-refractivity contribution in [3.8, 4) is 0 Å². The Labute approximate surface area is 150 Å². The van der Waals surface area contributed by atoms with Crippen LogP contribution in [0, 0.1) is 0 Å². The Bertz CT molecular complexity index is 689. The molecule has 1 amide bonds. The molecule has 2 heterocycles. The Kier molecular flexibility index (Phi) is 5.76. The summed E-state index contributed by atoms with van der Waals surface area (Å²) in [5, 5.41) is 3.37. The number of benzene rings is 1. The van der Waals surface area contributed by atoms with E-state index in [4.69, 9.17) is 0 Å². The van der Waals surface area contributed by atoms with Gasteiger partial charge in [0.2, 0.25) is 5.91 Å². The van der Waals surface area contributed by atoms with Gasteiger partial charge in [0.25, 0.3) is 0 Å². The van der Waals surface area contributed by atoms with Gasteiger partial charge in [-0.1, -0.05) is 31.2 Å². The van der Waals surface area contributed by atoms with E-state index in [9.17, 15) is 13.2 Å². The van der Waals surface area contributed by atoms with Crippen LogP contribution in [0.2, 0.25) is 0 Å². The van der Waals surface area contributed by atoms with Crippen LogP contribution in [0.3, 0.4) is 0 Å². The van der Waals surface area contributed by atoms with E-state index in [-0.39, 0.29) is 23.5 Å². The lowest BCUT2D eigenvalue weighted by molar-refractivity contribution is -0.135. The Balaban J connectivity index is 1.66. The van der Waals surface area contributed by atoms with Crippen molar-refractivity contribution in [2.75, 3.05) is 50.8 Å². The number of sulfone groups is 1. The predicted octanol–water partition coefficient (Wildman–Crippen LogP) is 0.452. The zero-order valence-electron chi connectivity index (χ0n) is 14.8. The fraction of sp³-hybridized carbons (Fsp3) is 0.611. The lowest BCUT2D eigenvalue weighted by Crippen LogP contribution is -2.52. The van der Waals surface area contributed by atoms with Crippen LogP contribution in [0.4, 0.5) is 0 Å². The number of nitrogens with zero attached hydrogens (tertiary/aromatic N) is 2. The SMILES string of the molecule is CCc1ccc(C2CNCCN2C(=O)CN2CCS(=O)(=O)CC2)cc1. The van der Waals surface area contributed by atoms with Crippen LogP contribution in [-0.4, -0.2) is 74.9 Å². The third-order valence-corrected chi connectivity index (χ3v) is 6.74. The molecule has 1 aromatic carbocycles. The molecular formula is C18H27N3O3S. The molecule has 7 heteroatoms. The molecule has 0 aliphatic carbocycles. The maximum atomic E-state index is 12.8. The number of nitrogens with one attached hydrogen (secondary N) is 1. The standard InChI is InChI=1S/C18H27N3O3S/c1-2-15-3-5-16(6-4-15)17-13-19-7-8-21(17)18(22)14-20-9-11-25(23,24)12-10-20/h3-6,17,19H,2,7-14H2,1H3. The molecule has 1 N–H and O–H groups in total. The monoisotopic (exact) mass is 365 g/mol. The second kappa shape index (κ2) is 7.85. The first-order valence-electron chi connectivity index (χ1n) is 9.00. The molecule has 0 bridgehead atoms. The minimum absolute atomic E-state index is 0.0423. The first-order valence-corrected chi connectivity index (χ1v) is 10.8. The first kappa shape index (κ1) is 18.4. The topological polar surface area (TPSA) is 69.7 Å². The van der Waals surface area contributed by atoms with Crippen LogP contribution in [0.15, 0.2) is 24.3 Å². The van der Waals surface area contributed by atoms with Crippen molar-refractivity contribution in [1.29, 1.82) is 0 Å². The molecule has 2 saturated heterocycles. The fourth-order valence-electron chi connectivity index (χ4n) is 3.47. The molecule has 0 saturated carbocycles. The molecule has 138 valence electrons. The summed E-state index contributed by atoms with van der Waals surface area (Å²) in [6.07, 6.45) is 1.00. The second-order valence-corrected chi connectivity index (χ2v) is 9.13. The lowest BCUT2D eigenvalue weighted by atomic mass is 10.0. The molecule has 25 heavy (non-hydrogen) atoms. The lowest BCUT2D eigenvalue weighted by Gasteiger charge is -2.38. The molecule has 2 aliphatic heterocycles. The quantitative estimate of drug-likeness (QED) is 0.839. The number of rotatable bonds is 4. The highest BCUT2D eigenvalue weighted by atomic mass is 32.2. The Morgan fingerprint density at radius 3 is 2.48 bits per heavy atom. The van der Waals surface area contributed by atoms with Gasteiger partial charge in [0, 0.05) is 32.7 Å². The fourth-order valence-corrected chi connectivity index (χ4v) is 4.74. The maximum Gasteiger partial charge on any atom is 0.237 e. The molecule has 1 atom stereocenters. The van der Waals surface area contributed by atoms with E-state index >= 15 is 0 Å². The zero-order chi connectivity index (χ0) is 17.9. The van der Waals surface area contributed by atoms with Crippen molar-refractivity contribution in [3.05, 3.63) is 35.4 Å². The van der Waals surface area contributed by atoms with Crippen LogP contribution < -0.4 is 5.32 Å². The zero-order valence-corrected chi connectivity index (χ0v) is 15.6. The van der Waals surface area contributed by atoms with Crippen molar-refractivity contribution in [2.24, 2.45) is 0 Å². The normalized spacial score (nSPS) is 24.2. The van der Waals surface area contributed by atoms with Crippen molar-refractivity contribution in [2.45, 2.75) is 19.4 Å². The molecule has 0 aromatic heterocycles. The predicted molar refractivity (Wildman–Crippen MR) is 98.2 cm³/mol. The van der Waals surface area contributed by atoms with E-state index in [0.29, 0.717) is 26.2 Å². The highest BCUT2D eigenvalue weighted by Gasteiger charge is 2.30. The van der Waals surface area contributed by atoms with Gasteiger partial charge in [-0.2, -0.15) is 0 Å². The number of piperazine rings is 1. The number of hydrogen-bond donors (Lipinski definition) is 1. The average molecular weight is 365 g/mol. The Morgan fingerprint density at radius 1 is 1.16 bits per heavy atom. The van der Waals surface area contributed by atoms with Crippen LogP contribution in [0.25, 0.3) is 0 Å². The number of carbonyl (C=O) groups excluding carboxylic acids is 1. The van der Waals surface area contributed by atoms with Gasteiger partial charge >= 0.3 is 0 Å². The molecule has 3 rings (SSSR count). The largest absolute Gasteiger partial charge is 0.332 e. The summed E-state index contributed by atoms with van der Waals surface area (Å²) in [7, 11) is -2.91. The van der Waals surface area contributed by atoms with E-state index in [1.54, 1.807) is 0 Å². The Hall–Kier alpha value is -1.44. The van der Waals surface area contributed by atoms with E-state index in [2.05, 4.69) is 36.5 Å². The maximum absolute atomic E-state index is 12.8. The molecular weight excluding hydrogens is 338 g/mol. The van der Waals surface area contributed by atoms with Crippen molar-refractivity contribution < 1.29 is 13.2 Å². The highest BCUT2D eigenvalue weighted by molar-refractivity contribution is 7.91. The van der Waals surface area contributed by atoms with Crippen LogP contribution in [0.5, 0.6) is 0 Å². The first-order chi connectivity index (χ1) is 12.0. The smallest absolute Gasteiger partial charge is 0.237 e. The van der Waals surface area contributed by atoms with Crippen LogP contribution in [-0.2, 0) is 21.1 Å². The van der Waals surface area contributed by atoms with Crippen molar-refractivity contribution >= 4 is 15.7 Å². The van der Waals surface area contributed by atoms with E-state index in [0.717, 1.165) is 25.1 Å². The summed E-state index contributed by atoms with van der Waals surface area (Å²) in [6.45, 7) is 5.58. The van der Waals surface area contributed by atoms with Gasteiger partial charge in [0.05, 0.1) is 24.1 Å². The molecule has 6 nitrogen and oxygen atoms in total. The molecule has 0 spiro atoms. The third-order valence-electron chi connectivity index (χ3n) is 5.13. The van der Waals surface area contributed by atoms with E-state index < -0.39 is 9.84 Å². The molecule has 2 aliphatic rings. The summed E-state index contributed by atoms with van der Waals surface area (Å²) in [4.78, 5) is 16.7. The van der Waals surface area contributed by atoms with Gasteiger partial charge in [-0.25, -0.2) is 8.42 Å². The average Bonchev–Trinajstić information content (AvgIpc) is 2.63. The molecule has 1 unspecified atom stereocenters. The minimum atomic E-state index is -2.91. The van der Waals surface area contributed by atoms with Gasteiger partial charge < -0.3 is 10.2 Å². The van der Waals surface area contributed by atoms with Crippen LogP contribution >= 0.6 is 0 Å². The van der Waals surface area contributed by atoms with Gasteiger partial charge in [-0.3, -0.25) is 9.69 Å². The summed E-state index contributed by atoms with van der Waals surface area (Å²) in [5.41, 5.74) is 2.44. The number of aryl methyl sites for hydroxylation is 1. The summed E-state index contributed by atoms with van der Waals surface area (Å²) in [6, 6.07) is 8.53. The van der Waals surface area contributed by atoms with Crippen molar-refractivity contribution in [3.63, 3.8) is 0 Å². The number of hydrogen-bond acceptors (Lipinski definition) is 5. The molecule has 1 aromatic rings. The summed E-state index contributed by atoms with van der Waals surface area (Å²) < 4.78 is 23.1. The van der Waals surface area contributed by atoms with E-state index in [1.807, 2.05) is 9.80 Å². The molecule has 2 fully saturated rings. The van der Waals surface area contributed by atoms with Gasteiger partial charge in [-0.05, 0) is 17.5 Å². The summed E-state index contributed by atoms with van der Waals surface area (Å²) >= 11 is 0. The van der Waals surface area contributed by atoms with Crippen molar-refractivity contribution in [1.82, 2.24) is 15.1 Å². The number of amides is 1. The minimum Gasteiger partial charge on any atom is -0.332 e. The van der Waals surface area contributed by atoms with Gasteiger partial charge in [0.15, 0.2) is 9.84 Å². The highest BCUT2D eigenvalue weighted by Crippen LogP contribution is 2.23. The van der Waals surface area contributed by atoms with Gasteiger partial charge in [-0.15, -0.1) is 0 Å². The Morgan fingerprint density at radius 2 is 1.84 bits per heavy atom. The number of carbonyl (C=O) groups is 1. The van der Waals surface area contributed by atoms with Gasteiger partial charge in [0.1, 0.15) is 0 Å². The summed E-state index contributed by atoms with van der Waals surface area (Å²) in [5.74, 6) is 0.401. The van der Waals surface area contributed by atoms with E-state index in [1.165, 1.54) is 5.56 Å². The second-order valence-electron chi connectivity index (χ2n) is 6.83. The van der Waals surface area contributed by atoms with Crippen LogP contribution in [0.1, 0.15) is 24.1 Å². The third kappa shape index (κ3) is 4.59.